The van der Waals surface area contributed by atoms with Crippen molar-refractivity contribution < 1.29 is 9.50 Å². The summed E-state index contributed by atoms with van der Waals surface area (Å²) in [5.74, 6) is 5.31. The van der Waals surface area contributed by atoms with E-state index in [1.165, 1.54) is 12.1 Å². The Bertz CT molecular complexity index is 467. The van der Waals surface area contributed by atoms with Crippen LogP contribution in [-0.2, 0) is 0 Å². The van der Waals surface area contributed by atoms with Crippen molar-refractivity contribution in [2.75, 3.05) is 0 Å². The number of rotatable bonds is 0. The molecule has 0 radical (unpaired) electrons. The van der Waals surface area contributed by atoms with E-state index in [2.05, 4.69) is 11.8 Å². The third-order valence-electron chi connectivity index (χ3n) is 3.04. The van der Waals surface area contributed by atoms with Gasteiger partial charge < -0.3 is 5.11 Å². The summed E-state index contributed by atoms with van der Waals surface area (Å²) in [6.07, 6.45) is 4.61. The molecule has 0 unspecified atom stereocenters. The molecule has 0 bridgehead atoms. The summed E-state index contributed by atoms with van der Waals surface area (Å²) in [6.45, 7) is 0. The zero-order chi connectivity index (χ0) is 12.3. The van der Waals surface area contributed by atoms with Gasteiger partial charge in [-0.05, 0) is 43.9 Å². The molecular weight excluding hydrogens is 239 g/mol. The van der Waals surface area contributed by atoms with Crippen LogP contribution in [0.3, 0.4) is 0 Å². The molecule has 0 aromatic heterocycles. The van der Waals surface area contributed by atoms with Gasteiger partial charge in [-0.15, -0.1) is 0 Å². The number of benzene rings is 1. The van der Waals surface area contributed by atoms with Crippen LogP contribution in [0.1, 0.15) is 37.7 Å². The Morgan fingerprint density at radius 2 is 1.94 bits per heavy atom. The maximum absolute atomic E-state index is 12.9. The van der Waals surface area contributed by atoms with Crippen molar-refractivity contribution in [3.05, 3.63) is 34.6 Å². The van der Waals surface area contributed by atoms with Crippen LogP contribution in [0.25, 0.3) is 0 Å². The quantitative estimate of drug-likeness (QED) is 0.701. The van der Waals surface area contributed by atoms with Gasteiger partial charge in [0.05, 0.1) is 5.02 Å². The molecule has 2 rings (SSSR count). The second-order valence-electron chi connectivity index (χ2n) is 4.47. The van der Waals surface area contributed by atoms with Gasteiger partial charge in [0.1, 0.15) is 11.4 Å². The molecule has 0 amide bonds. The van der Waals surface area contributed by atoms with Crippen molar-refractivity contribution in [1.29, 1.82) is 0 Å². The van der Waals surface area contributed by atoms with Gasteiger partial charge in [0.2, 0.25) is 0 Å². The molecular formula is C14H14ClFO. The van der Waals surface area contributed by atoms with Crippen LogP contribution >= 0.6 is 11.6 Å². The fraction of sp³-hybridized carbons (Fsp3) is 0.429. The van der Waals surface area contributed by atoms with Crippen LogP contribution < -0.4 is 0 Å². The van der Waals surface area contributed by atoms with Gasteiger partial charge in [-0.1, -0.05) is 29.9 Å². The molecule has 0 atom stereocenters. The highest BCUT2D eigenvalue weighted by molar-refractivity contribution is 6.30. The first-order chi connectivity index (χ1) is 8.09. The summed E-state index contributed by atoms with van der Waals surface area (Å²) in [6, 6.07) is 4.34. The molecule has 1 aliphatic carbocycles. The maximum atomic E-state index is 12.9. The zero-order valence-electron chi connectivity index (χ0n) is 9.47. The summed E-state index contributed by atoms with van der Waals surface area (Å²) in [5.41, 5.74) is -0.241. The van der Waals surface area contributed by atoms with E-state index in [0.29, 0.717) is 5.56 Å². The Kier molecular flexibility index (Phi) is 3.71. The van der Waals surface area contributed by atoms with Crippen molar-refractivity contribution >= 4 is 11.6 Å². The van der Waals surface area contributed by atoms with E-state index in [4.69, 9.17) is 11.6 Å². The highest BCUT2D eigenvalue weighted by Crippen LogP contribution is 2.27. The van der Waals surface area contributed by atoms with Crippen LogP contribution in [0.15, 0.2) is 18.2 Å². The Hall–Kier alpha value is -1.04. The minimum Gasteiger partial charge on any atom is -0.378 e. The molecule has 1 fully saturated rings. The number of halogens is 2. The number of hydrogen-bond donors (Lipinski definition) is 1. The molecule has 1 aliphatic rings. The highest BCUT2D eigenvalue weighted by atomic mass is 35.5. The molecule has 1 aromatic carbocycles. The molecule has 0 aliphatic heterocycles. The highest BCUT2D eigenvalue weighted by Gasteiger charge is 2.26. The average molecular weight is 253 g/mol. The summed E-state index contributed by atoms with van der Waals surface area (Å²) in [4.78, 5) is 0. The van der Waals surface area contributed by atoms with E-state index in [-0.39, 0.29) is 5.02 Å². The lowest BCUT2D eigenvalue weighted by Gasteiger charge is -2.26. The lowest BCUT2D eigenvalue weighted by Crippen LogP contribution is -2.29. The molecule has 0 spiro atoms. The molecule has 1 nitrogen and oxygen atoms in total. The topological polar surface area (TPSA) is 20.2 Å². The molecule has 0 heterocycles. The molecule has 3 heteroatoms. The fourth-order valence-corrected chi connectivity index (χ4v) is 2.20. The minimum absolute atomic E-state index is 0.0624. The summed E-state index contributed by atoms with van der Waals surface area (Å²) in [5, 5.41) is 10.2. The molecule has 0 saturated heterocycles. The first-order valence-electron chi connectivity index (χ1n) is 5.80. The molecule has 1 N–H and O–H groups in total. The van der Waals surface area contributed by atoms with Gasteiger partial charge in [0, 0.05) is 5.56 Å². The summed E-state index contributed by atoms with van der Waals surface area (Å²) < 4.78 is 12.9. The molecule has 90 valence electrons. The van der Waals surface area contributed by atoms with Gasteiger partial charge in [-0.2, -0.15) is 0 Å². The van der Waals surface area contributed by atoms with Gasteiger partial charge in [-0.3, -0.25) is 0 Å². The lowest BCUT2D eigenvalue weighted by molar-refractivity contribution is 0.0610. The van der Waals surface area contributed by atoms with Crippen LogP contribution in [0.2, 0.25) is 5.02 Å². The van der Waals surface area contributed by atoms with Crippen LogP contribution in [0, 0.1) is 17.7 Å². The van der Waals surface area contributed by atoms with Crippen molar-refractivity contribution in [3.63, 3.8) is 0 Å². The number of hydrogen-bond acceptors (Lipinski definition) is 1. The Morgan fingerprint density at radius 1 is 1.24 bits per heavy atom. The third-order valence-corrected chi connectivity index (χ3v) is 3.33. The van der Waals surface area contributed by atoms with Crippen molar-refractivity contribution in [2.24, 2.45) is 0 Å². The predicted octanol–water partition coefficient (Wildman–Crippen LogP) is 3.53. The van der Waals surface area contributed by atoms with E-state index in [1.807, 2.05) is 0 Å². The molecule has 17 heavy (non-hydrogen) atoms. The smallest absolute Gasteiger partial charge is 0.141 e. The third kappa shape index (κ3) is 3.21. The van der Waals surface area contributed by atoms with E-state index in [9.17, 15) is 9.50 Å². The minimum atomic E-state index is -0.876. The SMILES string of the molecule is OC1(C#Cc2ccc(F)c(Cl)c2)CCCCC1. The standard InChI is InChI=1S/C14H14ClFO/c15-12-10-11(4-5-13(12)16)6-9-14(17)7-2-1-3-8-14/h4-5,10,17H,1-3,7-8H2. The van der Waals surface area contributed by atoms with Gasteiger partial charge in [-0.25, -0.2) is 4.39 Å². The average Bonchev–Trinajstić information content (AvgIpc) is 2.32. The van der Waals surface area contributed by atoms with Gasteiger partial charge in [0.15, 0.2) is 0 Å². The van der Waals surface area contributed by atoms with E-state index < -0.39 is 11.4 Å². The van der Waals surface area contributed by atoms with Crippen molar-refractivity contribution in [1.82, 2.24) is 0 Å². The zero-order valence-corrected chi connectivity index (χ0v) is 10.2. The predicted molar refractivity (Wildman–Crippen MR) is 66.3 cm³/mol. The van der Waals surface area contributed by atoms with Crippen molar-refractivity contribution in [2.45, 2.75) is 37.7 Å². The van der Waals surface area contributed by atoms with E-state index >= 15 is 0 Å². The van der Waals surface area contributed by atoms with E-state index in [0.717, 1.165) is 32.1 Å². The van der Waals surface area contributed by atoms with Gasteiger partial charge in [0.25, 0.3) is 0 Å². The summed E-state index contributed by atoms with van der Waals surface area (Å²) in [7, 11) is 0. The molecule has 1 aromatic rings. The van der Waals surface area contributed by atoms with Crippen molar-refractivity contribution in [3.8, 4) is 11.8 Å². The first-order valence-corrected chi connectivity index (χ1v) is 6.17. The number of aliphatic hydroxyl groups is 1. The fourth-order valence-electron chi connectivity index (χ4n) is 2.02. The Balaban J connectivity index is 2.17. The second kappa shape index (κ2) is 5.08. The van der Waals surface area contributed by atoms with E-state index in [1.54, 1.807) is 6.07 Å². The second-order valence-corrected chi connectivity index (χ2v) is 4.88. The van der Waals surface area contributed by atoms with Crippen LogP contribution in [0.4, 0.5) is 4.39 Å². The molecule has 1 saturated carbocycles. The van der Waals surface area contributed by atoms with Crippen LogP contribution in [-0.4, -0.2) is 10.7 Å². The normalized spacial score (nSPS) is 18.3. The summed E-state index contributed by atoms with van der Waals surface area (Å²) >= 11 is 5.66. The largest absolute Gasteiger partial charge is 0.378 e. The Labute approximate surface area is 106 Å². The van der Waals surface area contributed by atoms with Gasteiger partial charge >= 0.3 is 0 Å². The first kappa shape index (κ1) is 12.4. The lowest BCUT2D eigenvalue weighted by atomic mass is 9.85. The van der Waals surface area contributed by atoms with Crippen LogP contribution in [0.5, 0.6) is 0 Å². The maximum Gasteiger partial charge on any atom is 0.141 e. The Morgan fingerprint density at radius 3 is 2.59 bits per heavy atom. The monoisotopic (exact) mass is 252 g/mol.